The summed E-state index contributed by atoms with van der Waals surface area (Å²) in [5, 5.41) is 4.57. The highest BCUT2D eigenvalue weighted by molar-refractivity contribution is 9.10. The van der Waals surface area contributed by atoms with Gasteiger partial charge in [-0.1, -0.05) is 11.6 Å². The maximum absolute atomic E-state index is 5.95. The van der Waals surface area contributed by atoms with E-state index in [0.717, 1.165) is 11.0 Å². The molecule has 0 spiro atoms. The first-order valence-corrected chi connectivity index (χ1v) is 4.79. The Hall–Kier alpha value is -0.680. The third kappa shape index (κ3) is 1.32. The highest BCUT2D eigenvalue weighted by Gasteiger charge is 2.12. The van der Waals surface area contributed by atoms with E-state index in [-0.39, 0.29) is 0 Å². The highest BCUT2D eigenvalue weighted by atomic mass is 79.9. The van der Waals surface area contributed by atoms with Gasteiger partial charge in [0.15, 0.2) is 9.76 Å². The van der Waals surface area contributed by atoms with Crippen LogP contribution in [0.5, 0.6) is 0 Å². The number of aromatic nitrogens is 4. The molecule has 4 nitrogen and oxygen atoms in total. The summed E-state index contributed by atoms with van der Waals surface area (Å²) in [6.07, 6.45) is 0. The number of hydrogen-bond donors (Lipinski definition) is 0. The van der Waals surface area contributed by atoms with Gasteiger partial charge in [-0.2, -0.15) is 5.10 Å². The van der Waals surface area contributed by atoms with Gasteiger partial charge in [-0.15, -0.1) is 0 Å². The van der Waals surface area contributed by atoms with Crippen LogP contribution in [0.2, 0.25) is 5.15 Å². The van der Waals surface area contributed by atoms with Gasteiger partial charge in [0.25, 0.3) is 0 Å². The van der Waals surface area contributed by atoms with E-state index in [0.29, 0.717) is 15.6 Å². The van der Waals surface area contributed by atoms with Crippen LogP contribution < -0.4 is 0 Å². The fraction of sp³-hybridized carbons (Fsp3) is 0.286. The summed E-state index contributed by atoms with van der Waals surface area (Å²) in [7, 11) is 1.80. The van der Waals surface area contributed by atoms with Gasteiger partial charge in [0.1, 0.15) is 16.9 Å². The van der Waals surface area contributed by atoms with Crippen LogP contribution in [0.4, 0.5) is 0 Å². The fourth-order valence-electron chi connectivity index (χ4n) is 1.19. The molecule has 0 aromatic carbocycles. The Labute approximate surface area is 88.1 Å². The van der Waals surface area contributed by atoms with Crippen molar-refractivity contribution in [1.29, 1.82) is 0 Å². The summed E-state index contributed by atoms with van der Waals surface area (Å²) >= 11 is 9.25. The summed E-state index contributed by atoms with van der Waals surface area (Å²) in [6, 6.07) is 0. The second-order valence-electron chi connectivity index (χ2n) is 2.67. The van der Waals surface area contributed by atoms with Crippen LogP contribution in [0.1, 0.15) is 5.82 Å². The minimum absolute atomic E-state index is 0.434. The molecule has 2 aromatic rings. The lowest BCUT2D eigenvalue weighted by Crippen LogP contribution is -1.94. The lowest BCUT2D eigenvalue weighted by atomic mass is 10.4. The number of fused-ring (bicyclic) bond motifs is 1. The molecule has 0 saturated heterocycles. The van der Waals surface area contributed by atoms with Gasteiger partial charge in [-0.3, -0.25) is 4.68 Å². The van der Waals surface area contributed by atoms with Crippen molar-refractivity contribution < 1.29 is 0 Å². The first-order chi connectivity index (χ1) is 6.09. The highest BCUT2D eigenvalue weighted by Crippen LogP contribution is 2.25. The first-order valence-electron chi connectivity index (χ1n) is 3.62. The fourth-order valence-corrected chi connectivity index (χ4v) is 2.04. The predicted molar refractivity (Wildman–Crippen MR) is 53.8 cm³/mol. The summed E-state index contributed by atoms with van der Waals surface area (Å²) < 4.78 is 2.35. The van der Waals surface area contributed by atoms with E-state index in [9.17, 15) is 0 Å². The van der Waals surface area contributed by atoms with Crippen LogP contribution in [0, 0.1) is 6.92 Å². The molecule has 0 amide bonds. The number of aryl methyl sites for hydroxylation is 2. The van der Waals surface area contributed by atoms with E-state index >= 15 is 0 Å². The van der Waals surface area contributed by atoms with Crippen LogP contribution in [0.25, 0.3) is 11.0 Å². The average Bonchev–Trinajstić information content (AvgIpc) is 2.27. The summed E-state index contributed by atoms with van der Waals surface area (Å²) in [5.74, 6) is 0.645. The molecule has 13 heavy (non-hydrogen) atoms. The molecule has 2 heterocycles. The van der Waals surface area contributed by atoms with Gasteiger partial charge >= 0.3 is 0 Å². The van der Waals surface area contributed by atoms with Gasteiger partial charge in [0, 0.05) is 7.05 Å². The van der Waals surface area contributed by atoms with Crippen molar-refractivity contribution in [3.8, 4) is 0 Å². The quantitative estimate of drug-likeness (QED) is 0.682. The molecule has 0 fully saturated rings. The molecule has 0 aliphatic rings. The zero-order chi connectivity index (χ0) is 9.59. The molecule has 68 valence electrons. The Bertz CT molecular complexity index is 479. The SMILES string of the molecule is Cc1nc(Cl)c2c(n1)c(Br)nn2C. The van der Waals surface area contributed by atoms with Crippen molar-refractivity contribution in [3.05, 3.63) is 15.6 Å². The lowest BCUT2D eigenvalue weighted by molar-refractivity contribution is 0.787. The zero-order valence-corrected chi connectivity index (χ0v) is 9.39. The predicted octanol–water partition coefficient (Wildman–Crippen LogP) is 2.09. The molecule has 0 radical (unpaired) electrons. The van der Waals surface area contributed by atoms with Gasteiger partial charge in [-0.05, 0) is 22.9 Å². The van der Waals surface area contributed by atoms with E-state index in [1.165, 1.54) is 0 Å². The number of nitrogens with zero attached hydrogens (tertiary/aromatic N) is 4. The molecule has 6 heteroatoms. The second kappa shape index (κ2) is 2.92. The molecule has 0 bridgehead atoms. The van der Waals surface area contributed by atoms with Crippen LogP contribution in [-0.2, 0) is 7.05 Å². The van der Waals surface area contributed by atoms with E-state index in [1.807, 2.05) is 0 Å². The summed E-state index contributed by atoms with van der Waals surface area (Å²) in [5.41, 5.74) is 1.50. The van der Waals surface area contributed by atoms with E-state index < -0.39 is 0 Å². The zero-order valence-electron chi connectivity index (χ0n) is 7.04. The van der Waals surface area contributed by atoms with Gasteiger partial charge < -0.3 is 0 Å². The average molecular weight is 262 g/mol. The van der Waals surface area contributed by atoms with Crippen molar-refractivity contribution in [2.24, 2.45) is 7.05 Å². The first kappa shape index (κ1) is 8.90. The number of hydrogen-bond acceptors (Lipinski definition) is 3. The standard InChI is InChI=1S/C7H6BrClN4/c1-3-10-4-5(7(9)11-3)13(2)12-6(4)8/h1-2H3. The van der Waals surface area contributed by atoms with E-state index in [1.54, 1.807) is 18.7 Å². The molecule has 2 rings (SSSR count). The Kier molecular flexibility index (Phi) is 2.00. The molecule has 0 unspecified atom stereocenters. The maximum atomic E-state index is 5.95. The minimum Gasteiger partial charge on any atom is -0.262 e. The Morgan fingerprint density at radius 3 is 2.77 bits per heavy atom. The Balaban J connectivity index is 2.97. The second-order valence-corrected chi connectivity index (χ2v) is 3.78. The minimum atomic E-state index is 0.434. The topological polar surface area (TPSA) is 43.6 Å². The summed E-state index contributed by atoms with van der Waals surface area (Å²) in [4.78, 5) is 8.28. The van der Waals surface area contributed by atoms with Crippen molar-refractivity contribution in [1.82, 2.24) is 19.7 Å². The molecule has 0 aliphatic carbocycles. The molecular formula is C7H6BrClN4. The molecule has 0 N–H and O–H groups in total. The third-order valence-corrected chi connectivity index (χ3v) is 2.51. The van der Waals surface area contributed by atoms with E-state index in [2.05, 4.69) is 31.0 Å². The Morgan fingerprint density at radius 2 is 2.08 bits per heavy atom. The summed E-state index contributed by atoms with van der Waals surface area (Å²) in [6.45, 7) is 1.80. The molecular weight excluding hydrogens is 255 g/mol. The lowest BCUT2D eigenvalue weighted by Gasteiger charge is -1.96. The number of halogens is 2. The monoisotopic (exact) mass is 260 g/mol. The van der Waals surface area contributed by atoms with Gasteiger partial charge in [0.05, 0.1) is 0 Å². The normalized spacial score (nSPS) is 11.1. The van der Waals surface area contributed by atoms with Gasteiger partial charge in [-0.25, -0.2) is 9.97 Å². The van der Waals surface area contributed by atoms with E-state index in [4.69, 9.17) is 11.6 Å². The van der Waals surface area contributed by atoms with Gasteiger partial charge in [0.2, 0.25) is 0 Å². The smallest absolute Gasteiger partial charge is 0.158 e. The maximum Gasteiger partial charge on any atom is 0.158 e. The van der Waals surface area contributed by atoms with Crippen molar-refractivity contribution in [2.45, 2.75) is 6.92 Å². The molecule has 2 aromatic heterocycles. The molecule has 0 saturated carbocycles. The number of rotatable bonds is 0. The van der Waals surface area contributed by atoms with Crippen molar-refractivity contribution in [3.63, 3.8) is 0 Å². The van der Waals surface area contributed by atoms with Crippen molar-refractivity contribution in [2.75, 3.05) is 0 Å². The molecule has 0 aliphatic heterocycles. The third-order valence-electron chi connectivity index (χ3n) is 1.71. The van der Waals surface area contributed by atoms with Crippen LogP contribution in [0.3, 0.4) is 0 Å². The van der Waals surface area contributed by atoms with Crippen LogP contribution in [-0.4, -0.2) is 19.7 Å². The molecule has 0 atom stereocenters. The van der Waals surface area contributed by atoms with Crippen LogP contribution >= 0.6 is 27.5 Å². The van der Waals surface area contributed by atoms with Crippen LogP contribution in [0.15, 0.2) is 4.60 Å². The Morgan fingerprint density at radius 1 is 1.38 bits per heavy atom. The largest absolute Gasteiger partial charge is 0.262 e. The van der Waals surface area contributed by atoms with Crippen molar-refractivity contribution >= 4 is 38.6 Å².